The smallest absolute Gasteiger partial charge is 0.291 e. The van der Waals surface area contributed by atoms with Crippen molar-refractivity contribution in [1.29, 1.82) is 0 Å². The Kier molecular flexibility index (Phi) is 2.32. The van der Waals surface area contributed by atoms with Gasteiger partial charge in [-0.05, 0) is 12.8 Å². The van der Waals surface area contributed by atoms with Crippen molar-refractivity contribution in [2.24, 2.45) is 0 Å². The Morgan fingerprint density at radius 1 is 1.59 bits per heavy atom. The van der Waals surface area contributed by atoms with Crippen LogP contribution < -0.4 is 5.32 Å². The number of nitrogens with zero attached hydrogens (tertiary/aromatic N) is 4. The van der Waals surface area contributed by atoms with Crippen LogP contribution in [0.3, 0.4) is 0 Å². The van der Waals surface area contributed by atoms with Crippen LogP contribution >= 0.6 is 0 Å². The number of amides is 1. The van der Waals surface area contributed by atoms with Crippen molar-refractivity contribution in [1.82, 2.24) is 30.6 Å². The second-order valence-corrected chi connectivity index (χ2v) is 3.85. The first-order valence-electron chi connectivity index (χ1n) is 5.28. The van der Waals surface area contributed by atoms with Gasteiger partial charge in [0.1, 0.15) is 5.82 Å². The van der Waals surface area contributed by atoms with Crippen molar-refractivity contribution < 1.29 is 9.32 Å². The molecular weight excluding hydrogens is 224 g/mol. The average Bonchev–Trinajstić information content (AvgIpc) is 2.88. The zero-order chi connectivity index (χ0) is 11.7. The molecule has 2 heterocycles. The van der Waals surface area contributed by atoms with E-state index in [1.807, 2.05) is 0 Å². The van der Waals surface area contributed by atoms with E-state index in [4.69, 9.17) is 0 Å². The van der Waals surface area contributed by atoms with Gasteiger partial charge in [0, 0.05) is 5.92 Å². The molecule has 0 aliphatic heterocycles. The second-order valence-electron chi connectivity index (χ2n) is 3.85. The molecule has 2 aromatic heterocycles. The van der Waals surface area contributed by atoms with Crippen LogP contribution in [0.2, 0.25) is 0 Å². The van der Waals surface area contributed by atoms with E-state index in [-0.39, 0.29) is 18.3 Å². The number of nitrogens with one attached hydrogen (secondary N) is 2. The highest BCUT2D eigenvalue weighted by Gasteiger charge is 2.28. The minimum absolute atomic E-state index is 0.149. The van der Waals surface area contributed by atoms with Crippen LogP contribution in [0, 0.1) is 0 Å². The van der Waals surface area contributed by atoms with E-state index in [2.05, 4.69) is 35.2 Å². The highest BCUT2D eigenvalue weighted by molar-refractivity contribution is 5.90. The van der Waals surface area contributed by atoms with Gasteiger partial charge in [0.25, 0.3) is 5.91 Å². The van der Waals surface area contributed by atoms with Crippen LogP contribution in [-0.2, 0) is 6.54 Å². The number of hydrogen-bond acceptors (Lipinski definition) is 6. The predicted molar refractivity (Wildman–Crippen MR) is 53.8 cm³/mol. The van der Waals surface area contributed by atoms with Gasteiger partial charge in [0.2, 0.25) is 12.2 Å². The van der Waals surface area contributed by atoms with Crippen molar-refractivity contribution in [2.75, 3.05) is 0 Å². The van der Waals surface area contributed by atoms with Gasteiger partial charge in [-0.25, -0.2) is 4.98 Å². The third kappa shape index (κ3) is 2.14. The van der Waals surface area contributed by atoms with Crippen molar-refractivity contribution in [2.45, 2.75) is 25.3 Å². The fourth-order valence-corrected chi connectivity index (χ4v) is 1.42. The van der Waals surface area contributed by atoms with Gasteiger partial charge < -0.3 is 9.84 Å². The molecule has 0 spiro atoms. The maximum absolute atomic E-state index is 11.7. The lowest BCUT2D eigenvalue weighted by Crippen LogP contribution is -2.24. The molecule has 0 atom stereocenters. The Bertz CT molecular complexity index is 515. The quantitative estimate of drug-likeness (QED) is 0.770. The average molecular weight is 234 g/mol. The molecule has 8 heteroatoms. The third-order valence-electron chi connectivity index (χ3n) is 2.48. The zero-order valence-corrected chi connectivity index (χ0v) is 8.88. The topological polar surface area (TPSA) is 110 Å². The molecular formula is C9H10N6O2. The number of H-pyrrole nitrogens is 1. The van der Waals surface area contributed by atoms with Crippen molar-refractivity contribution >= 4 is 5.91 Å². The normalized spacial score (nSPS) is 14.8. The van der Waals surface area contributed by atoms with Crippen LogP contribution in [0.4, 0.5) is 0 Å². The summed E-state index contributed by atoms with van der Waals surface area (Å²) >= 11 is 0. The number of carbonyl (C=O) groups is 1. The molecule has 0 unspecified atom stereocenters. The van der Waals surface area contributed by atoms with Gasteiger partial charge in [-0.3, -0.25) is 9.89 Å². The van der Waals surface area contributed by atoms with Gasteiger partial charge in [-0.2, -0.15) is 4.98 Å². The summed E-state index contributed by atoms with van der Waals surface area (Å²) in [5.74, 6) is 1.45. The Morgan fingerprint density at radius 3 is 3.18 bits per heavy atom. The van der Waals surface area contributed by atoms with Gasteiger partial charge in [0.15, 0.2) is 5.82 Å². The van der Waals surface area contributed by atoms with Crippen LogP contribution in [0.1, 0.15) is 41.0 Å². The summed E-state index contributed by atoms with van der Waals surface area (Å²) in [5.41, 5.74) is 0. The minimum Gasteiger partial charge on any atom is -0.343 e. The number of aromatic nitrogens is 5. The van der Waals surface area contributed by atoms with Gasteiger partial charge in [0.05, 0.1) is 6.54 Å². The summed E-state index contributed by atoms with van der Waals surface area (Å²) in [5, 5.41) is 12.8. The van der Waals surface area contributed by atoms with E-state index in [1.54, 1.807) is 0 Å². The largest absolute Gasteiger partial charge is 0.343 e. The number of aromatic amines is 1. The van der Waals surface area contributed by atoms with Crippen molar-refractivity contribution in [3.63, 3.8) is 0 Å². The number of carbonyl (C=O) groups excluding carboxylic acids is 1. The van der Waals surface area contributed by atoms with Crippen LogP contribution in [0.25, 0.3) is 0 Å². The molecule has 88 valence electrons. The molecule has 0 radical (unpaired) electrons. The molecule has 0 bridgehead atoms. The Labute approximate surface area is 95.8 Å². The zero-order valence-electron chi connectivity index (χ0n) is 8.88. The monoisotopic (exact) mass is 234 g/mol. The summed E-state index contributed by atoms with van der Waals surface area (Å²) in [7, 11) is 0. The van der Waals surface area contributed by atoms with Crippen LogP contribution in [0.5, 0.6) is 0 Å². The van der Waals surface area contributed by atoms with Gasteiger partial charge >= 0.3 is 0 Å². The standard InChI is InChI=1S/C9H10N6O2/c16-9(10-3-6-11-4-17-15-6)8-12-7(13-14-8)5-1-2-5/h4-5H,1-3H2,(H,10,16)(H,12,13,14). The van der Waals surface area contributed by atoms with Gasteiger partial charge in [-0.15, -0.1) is 5.10 Å². The van der Waals surface area contributed by atoms with E-state index >= 15 is 0 Å². The number of hydrogen-bond donors (Lipinski definition) is 2. The Balaban J connectivity index is 1.60. The van der Waals surface area contributed by atoms with Crippen LogP contribution in [0.15, 0.2) is 10.9 Å². The molecule has 2 N–H and O–H groups in total. The molecule has 1 aliphatic carbocycles. The van der Waals surface area contributed by atoms with Gasteiger partial charge in [-0.1, -0.05) is 5.16 Å². The molecule has 0 saturated heterocycles. The molecule has 0 aromatic carbocycles. The van der Waals surface area contributed by atoms with E-state index in [0.717, 1.165) is 18.7 Å². The second kappa shape index (κ2) is 3.96. The molecule has 2 aromatic rings. The van der Waals surface area contributed by atoms with E-state index < -0.39 is 0 Å². The maximum Gasteiger partial charge on any atom is 0.291 e. The fraction of sp³-hybridized carbons (Fsp3) is 0.444. The minimum atomic E-state index is -0.349. The first-order valence-corrected chi connectivity index (χ1v) is 5.28. The van der Waals surface area contributed by atoms with Crippen LogP contribution in [-0.4, -0.2) is 31.2 Å². The SMILES string of the molecule is O=C(NCc1ncon1)c1n[nH]c(C2CC2)n1. The van der Waals surface area contributed by atoms with Crippen molar-refractivity contribution in [3.8, 4) is 0 Å². The molecule has 1 fully saturated rings. The van der Waals surface area contributed by atoms with E-state index in [1.165, 1.54) is 6.39 Å². The fourth-order valence-electron chi connectivity index (χ4n) is 1.42. The molecule has 17 heavy (non-hydrogen) atoms. The number of rotatable bonds is 4. The molecule has 1 amide bonds. The maximum atomic E-state index is 11.7. The van der Waals surface area contributed by atoms with Crippen molar-refractivity contribution in [3.05, 3.63) is 23.9 Å². The highest BCUT2D eigenvalue weighted by Crippen LogP contribution is 2.37. The predicted octanol–water partition coefficient (Wildman–Crippen LogP) is -0.00490. The Hall–Kier alpha value is -2.25. The summed E-state index contributed by atoms with van der Waals surface area (Å²) in [6, 6.07) is 0. The molecule has 3 rings (SSSR count). The highest BCUT2D eigenvalue weighted by atomic mass is 16.5. The summed E-state index contributed by atoms with van der Waals surface area (Å²) in [6.45, 7) is 0.197. The molecule has 1 saturated carbocycles. The van der Waals surface area contributed by atoms with E-state index in [9.17, 15) is 4.79 Å². The lowest BCUT2D eigenvalue weighted by atomic mass is 10.4. The Morgan fingerprint density at radius 2 is 2.47 bits per heavy atom. The summed E-state index contributed by atoms with van der Waals surface area (Å²) in [6.07, 6.45) is 3.43. The molecule has 1 aliphatic rings. The lowest BCUT2D eigenvalue weighted by molar-refractivity contribution is 0.0939. The summed E-state index contributed by atoms with van der Waals surface area (Å²) < 4.78 is 4.55. The third-order valence-corrected chi connectivity index (χ3v) is 2.48. The molecule has 8 nitrogen and oxygen atoms in total. The first kappa shape index (κ1) is 9.94. The lowest BCUT2D eigenvalue weighted by Gasteiger charge is -1.96. The first-order chi connectivity index (χ1) is 8.33. The summed E-state index contributed by atoms with van der Waals surface area (Å²) in [4.78, 5) is 19.6. The van der Waals surface area contributed by atoms with E-state index in [0.29, 0.717) is 11.7 Å².